The van der Waals surface area contributed by atoms with Gasteiger partial charge in [0, 0.05) is 45.0 Å². The molecular weight excluding hydrogens is 247 g/mol. The summed E-state index contributed by atoms with van der Waals surface area (Å²) in [4.78, 5) is 0. The number of hydrogen-bond donors (Lipinski definition) is 0. The van der Waals surface area contributed by atoms with Crippen LogP contribution in [-0.2, 0) is 32.7 Å². The van der Waals surface area contributed by atoms with Crippen molar-refractivity contribution in [2.45, 2.75) is 39.5 Å². The molecule has 14 heavy (non-hydrogen) atoms. The molecule has 0 bridgehead atoms. The zero-order valence-corrected chi connectivity index (χ0v) is 12.3. The maximum absolute atomic E-state index is 4.35. The standard InChI is InChI=1S/C12H20N.Y/c1-11(2)5-3-4-6-12-7-9-13-10-8-12;/h11-12H,4,6-10H2,1-2H3;/q-1;. The fourth-order valence-electron chi connectivity index (χ4n) is 1.65. The van der Waals surface area contributed by atoms with Crippen LogP contribution in [0.5, 0.6) is 0 Å². The summed E-state index contributed by atoms with van der Waals surface area (Å²) in [6, 6.07) is 0. The molecule has 1 heterocycles. The third-order valence-corrected chi connectivity index (χ3v) is 2.46. The molecular formula is C12H20NY-. The molecule has 2 heteroatoms. The number of piperidine rings is 1. The molecule has 0 aromatic rings. The molecule has 0 amide bonds. The minimum atomic E-state index is 0. The van der Waals surface area contributed by atoms with Gasteiger partial charge in [0.1, 0.15) is 0 Å². The van der Waals surface area contributed by atoms with Crippen LogP contribution in [0.2, 0.25) is 0 Å². The van der Waals surface area contributed by atoms with Gasteiger partial charge in [-0.2, -0.15) is 0 Å². The Morgan fingerprint density at radius 2 is 1.93 bits per heavy atom. The molecule has 1 aliphatic heterocycles. The van der Waals surface area contributed by atoms with Crippen LogP contribution in [0.3, 0.4) is 0 Å². The van der Waals surface area contributed by atoms with Crippen LogP contribution >= 0.6 is 0 Å². The van der Waals surface area contributed by atoms with Gasteiger partial charge in [0.15, 0.2) is 0 Å². The van der Waals surface area contributed by atoms with E-state index < -0.39 is 0 Å². The normalized spacial score (nSPS) is 17.1. The van der Waals surface area contributed by atoms with E-state index >= 15 is 0 Å². The average molecular weight is 267 g/mol. The summed E-state index contributed by atoms with van der Waals surface area (Å²) in [5.74, 6) is 7.89. The molecule has 1 saturated heterocycles. The third-order valence-electron chi connectivity index (χ3n) is 2.46. The summed E-state index contributed by atoms with van der Waals surface area (Å²) in [5, 5.41) is 4.35. The van der Waals surface area contributed by atoms with Gasteiger partial charge in [-0.25, -0.2) is 0 Å². The second-order valence-corrected chi connectivity index (χ2v) is 4.13. The van der Waals surface area contributed by atoms with Crippen LogP contribution in [0.25, 0.3) is 5.32 Å². The second-order valence-electron chi connectivity index (χ2n) is 4.13. The summed E-state index contributed by atoms with van der Waals surface area (Å²) < 4.78 is 0. The summed E-state index contributed by atoms with van der Waals surface area (Å²) in [6.07, 6.45) is 4.96. The minimum Gasteiger partial charge on any atom is -0.662 e. The third kappa shape index (κ3) is 6.99. The molecule has 0 atom stereocenters. The van der Waals surface area contributed by atoms with Crippen molar-refractivity contribution in [2.24, 2.45) is 11.8 Å². The Bertz CT molecular complexity index is 184. The first-order valence-corrected chi connectivity index (χ1v) is 5.40. The molecule has 0 aliphatic carbocycles. The van der Waals surface area contributed by atoms with Crippen molar-refractivity contribution in [3.63, 3.8) is 0 Å². The molecule has 1 aliphatic rings. The molecule has 1 fully saturated rings. The van der Waals surface area contributed by atoms with Crippen LogP contribution in [0.1, 0.15) is 39.5 Å². The van der Waals surface area contributed by atoms with Crippen molar-refractivity contribution in [2.75, 3.05) is 13.1 Å². The van der Waals surface area contributed by atoms with E-state index in [1.54, 1.807) is 0 Å². The number of rotatable bonds is 2. The van der Waals surface area contributed by atoms with Crippen LogP contribution in [0.4, 0.5) is 0 Å². The molecule has 77 valence electrons. The Morgan fingerprint density at radius 3 is 2.50 bits per heavy atom. The molecule has 1 rings (SSSR count). The molecule has 1 nitrogen and oxygen atoms in total. The molecule has 0 N–H and O–H groups in total. The summed E-state index contributed by atoms with van der Waals surface area (Å²) >= 11 is 0. The fraction of sp³-hybridized carbons (Fsp3) is 0.833. The Balaban J connectivity index is 0.00000169. The average Bonchev–Trinajstić information content (AvgIpc) is 2.14. The van der Waals surface area contributed by atoms with E-state index in [0.29, 0.717) is 5.92 Å². The van der Waals surface area contributed by atoms with E-state index in [1.165, 1.54) is 19.3 Å². The van der Waals surface area contributed by atoms with E-state index in [9.17, 15) is 0 Å². The predicted octanol–water partition coefficient (Wildman–Crippen LogP) is 3.21. The fourth-order valence-corrected chi connectivity index (χ4v) is 1.65. The van der Waals surface area contributed by atoms with Crippen LogP contribution in [0, 0.1) is 23.7 Å². The topological polar surface area (TPSA) is 14.1 Å². The largest absolute Gasteiger partial charge is 0.662 e. The van der Waals surface area contributed by atoms with Crippen molar-refractivity contribution >= 4 is 0 Å². The molecule has 1 radical (unpaired) electrons. The SMILES string of the molecule is CC(C)C#CCCC1CC[N-]CC1.[Y]. The first-order chi connectivity index (χ1) is 6.29. The predicted molar refractivity (Wildman–Crippen MR) is 57.7 cm³/mol. The second kappa shape index (κ2) is 8.89. The first-order valence-electron chi connectivity index (χ1n) is 5.40. The van der Waals surface area contributed by atoms with E-state index in [-0.39, 0.29) is 32.7 Å². The van der Waals surface area contributed by atoms with Crippen LogP contribution in [-0.4, -0.2) is 13.1 Å². The van der Waals surface area contributed by atoms with Gasteiger partial charge >= 0.3 is 0 Å². The summed E-state index contributed by atoms with van der Waals surface area (Å²) in [7, 11) is 0. The summed E-state index contributed by atoms with van der Waals surface area (Å²) in [6.45, 7) is 6.46. The van der Waals surface area contributed by atoms with E-state index in [2.05, 4.69) is 31.0 Å². The van der Waals surface area contributed by atoms with Crippen molar-refractivity contribution < 1.29 is 32.7 Å². The molecule has 0 aromatic heterocycles. The Morgan fingerprint density at radius 1 is 1.29 bits per heavy atom. The zero-order chi connectivity index (χ0) is 9.52. The molecule has 0 spiro atoms. The molecule has 0 saturated carbocycles. The van der Waals surface area contributed by atoms with E-state index in [1.807, 2.05) is 0 Å². The van der Waals surface area contributed by atoms with Gasteiger partial charge in [-0.05, 0) is 12.3 Å². The Hall–Kier alpha value is 0.624. The van der Waals surface area contributed by atoms with Gasteiger partial charge in [0.25, 0.3) is 0 Å². The Kier molecular flexibility index (Phi) is 9.29. The van der Waals surface area contributed by atoms with E-state index in [4.69, 9.17) is 0 Å². The maximum atomic E-state index is 4.35. The smallest absolute Gasteiger partial charge is 0.0146 e. The molecule has 0 aromatic carbocycles. The van der Waals surface area contributed by atoms with Crippen molar-refractivity contribution in [1.29, 1.82) is 0 Å². The van der Waals surface area contributed by atoms with Crippen molar-refractivity contribution in [3.8, 4) is 11.8 Å². The molecule has 0 unspecified atom stereocenters. The first kappa shape index (κ1) is 14.6. The van der Waals surface area contributed by atoms with Gasteiger partial charge in [-0.3, -0.25) is 0 Å². The van der Waals surface area contributed by atoms with Crippen LogP contribution in [0.15, 0.2) is 0 Å². The van der Waals surface area contributed by atoms with E-state index in [0.717, 1.165) is 25.4 Å². The monoisotopic (exact) mass is 267 g/mol. The number of hydrogen-bond acceptors (Lipinski definition) is 0. The van der Waals surface area contributed by atoms with Crippen molar-refractivity contribution in [3.05, 3.63) is 5.32 Å². The van der Waals surface area contributed by atoms with Crippen LogP contribution < -0.4 is 0 Å². The minimum absolute atomic E-state index is 0. The van der Waals surface area contributed by atoms with Gasteiger partial charge in [0.05, 0.1) is 0 Å². The quantitative estimate of drug-likeness (QED) is 0.682. The number of nitrogens with zero attached hydrogens (tertiary/aromatic N) is 1. The maximum Gasteiger partial charge on any atom is 0.0146 e. The van der Waals surface area contributed by atoms with Crippen molar-refractivity contribution in [1.82, 2.24) is 0 Å². The summed E-state index contributed by atoms with van der Waals surface area (Å²) in [5.41, 5.74) is 0. The van der Waals surface area contributed by atoms with Gasteiger partial charge < -0.3 is 5.32 Å². The zero-order valence-electron chi connectivity index (χ0n) is 9.42. The van der Waals surface area contributed by atoms with Gasteiger partial charge in [0.2, 0.25) is 0 Å². The van der Waals surface area contributed by atoms with Gasteiger partial charge in [-0.15, -0.1) is 24.9 Å². The Labute approximate surface area is 114 Å². The van der Waals surface area contributed by atoms with Gasteiger partial charge in [-0.1, -0.05) is 26.7 Å².